The highest BCUT2D eigenvalue weighted by molar-refractivity contribution is 5.70. The lowest BCUT2D eigenvalue weighted by molar-refractivity contribution is 0.190. The Labute approximate surface area is 103 Å². The number of anilines is 2. The van der Waals surface area contributed by atoms with E-state index in [0.717, 1.165) is 30.0 Å². The zero-order valence-corrected chi connectivity index (χ0v) is 10.9. The predicted octanol–water partition coefficient (Wildman–Crippen LogP) is 1.68. The van der Waals surface area contributed by atoms with E-state index in [4.69, 9.17) is 15.2 Å². The third-order valence-electron chi connectivity index (χ3n) is 2.77. The van der Waals surface area contributed by atoms with Gasteiger partial charge in [-0.2, -0.15) is 0 Å². The number of nitrogens with zero attached hydrogens (tertiary/aromatic N) is 1. The smallest absolute Gasteiger partial charge is 0.0637 e. The van der Waals surface area contributed by atoms with Crippen LogP contribution in [0.1, 0.15) is 5.56 Å². The molecule has 96 valence electrons. The minimum atomic E-state index is 0.678. The van der Waals surface area contributed by atoms with Crippen molar-refractivity contribution in [2.45, 2.75) is 6.92 Å². The molecule has 4 heteroatoms. The van der Waals surface area contributed by atoms with Gasteiger partial charge in [0.25, 0.3) is 0 Å². The lowest BCUT2D eigenvalue weighted by atomic mass is 10.1. The molecule has 0 aromatic heterocycles. The van der Waals surface area contributed by atoms with Gasteiger partial charge in [-0.25, -0.2) is 0 Å². The number of ether oxygens (including phenoxy) is 2. The fourth-order valence-corrected chi connectivity index (χ4v) is 1.70. The quantitative estimate of drug-likeness (QED) is 0.734. The average molecular weight is 238 g/mol. The summed E-state index contributed by atoms with van der Waals surface area (Å²) in [6.45, 7) is 5.00. The maximum Gasteiger partial charge on any atom is 0.0637 e. The molecule has 0 heterocycles. The predicted molar refractivity (Wildman–Crippen MR) is 71.6 cm³/mol. The first-order chi connectivity index (χ1) is 8.20. The maximum atomic E-state index is 6.10. The lowest BCUT2D eigenvalue weighted by Crippen LogP contribution is -2.31. The summed E-state index contributed by atoms with van der Waals surface area (Å²) >= 11 is 0. The van der Waals surface area contributed by atoms with Crippen molar-refractivity contribution < 1.29 is 9.47 Å². The van der Waals surface area contributed by atoms with Crippen LogP contribution in [0.5, 0.6) is 0 Å². The first-order valence-electron chi connectivity index (χ1n) is 5.78. The molecule has 0 aliphatic heterocycles. The Kier molecular flexibility index (Phi) is 5.80. The molecule has 0 radical (unpaired) electrons. The molecule has 0 saturated heterocycles. The Hall–Kier alpha value is -1.26. The van der Waals surface area contributed by atoms with E-state index in [9.17, 15) is 0 Å². The summed E-state index contributed by atoms with van der Waals surface area (Å²) in [4.78, 5) is 2.19. The van der Waals surface area contributed by atoms with Crippen molar-refractivity contribution in [2.75, 3.05) is 51.2 Å². The third kappa shape index (κ3) is 3.91. The number of nitrogens with two attached hydrogens (primary N) is 1. The summed E-state index contributed by atoms with van der Waals surface area (Å²) in [5.74, 6) is 0. The molecule has 0 bridgehead atoms. The summed E-state index contributed by atoms with van der Waals surface area (Å²) in [7, 11) is 3.40. The van der Waals surface area contributed by atoms with Crippen molar-refractivity contribution in [3.8, 4) is 0 Å². The van der Waals surface area contributed by atoms with E-state index in [2.05, 4.69) is 4.90 Å². The summed E-state index contributed by atoms with van der Waals surface area (Å²) in [6.07, 6.45) is 0. The first kappa shape index (κ1) is 13.8. The molecule has 0 saturated carbocycles. The molecule has 1 rings (SSSR count). The second kappa shape index (κ2) is 7.14. The molecule has 2 N–H and O–H groups in total. The largest absolute Gasteiger partial charge is 0.397 e. The summed E-state index contributed by atoms with van der Waals surface area (Å²) in [6, 6.07) is 6.07. The number of methoxy groups -OCH3 is 2. The van der Waals surface area contributed by atoms with E-state index in [1.54, 1.807) is 14.2 Å². The number of aryl methyl sites for hydroxylation is 1. The molecule has 1 aromatic carbocycles. The second-order valence-electron chi connectivity index (χ2n) is 3.98. The molecule has 0 atom stereocenters. The SMILES string of the molecule is COCCN(CCOC)c1cccc(C)c1N. The number of hydrogen-bond acceptors (Lipinski definition) is 4. The summed E-state index contributed by atoms with van der Waals surface area (Å²) < 4.78 is 10.2. The molecule has 0 fully saturated rings. The van der Waals surface area contributed by atoms with Crippen LogP contribution in [0.3, 0.4) is 0 Å². The highest BCUT2D eigenvalue weighted by Crippen LogP contribution is 2.25. The van der Waals surface area contributed by atoms with Gasteiger partial charge in [-0.15, -0.1) is 0 Å². The molecule has 17 heavy (non-hydrogen) atoms. The van der Waals surface area contributed by atoms with Crippen LogP contribution in [-0.4, -0.2) is 40.5 Å². The van der Waals surface area contributed by atoms with Crippen LogP contribution in [0, 0.1) is 6.92 Å². The van der Waals surface area contributed by atoms with E-state index >= 15 is 0 Å². The topological polar surface area (TPSA) is 47.7 Å². The second-order valence-corrected chi connectivity index (χ2v) is 3.98. The van der Waals surface area contributed by atoms with Crippen molar-refractivity contribution in [1.29, 1.82) is 0 Å². The van der Waals surface area contributed by atoms with Gasteiger partial charge in [0.1, 0.15) is 0 Å². The normalized spacial score (nSPS) is 10.5. The van der Waals surface area contributed by atoms with E-state index < -0.39 is 0 Å². The van der Waals surface area contributed by atoms with Crippen LogP contribution in [0.4, 0.5) is 11.4 Å². The molecule has 0 amide bonds. The zero-order chi connectivity index (χ0) is 12.7. The van der Waals surface area contributed by atoms with E-state index in [1.807, 2.05) is 25.1 Å². The van der Waals surface area contributed by atoms with Crippen molar-refractivity contribution in [1.82, 2.24) is 0 Å². The van der Waals surface area contributed by atoms with Gasteiger partial charge < -0.3 is 20.1 Å². The summed E-state index contributed by atoms with van der Waals surface area (Å²) in [5.41, 5.74) is 9.09. The number of benzene rings is 1. The molecule has 0 aliphatic carbocycles. The van der Waals surface area contributed by atoms with Gasteiger partial charge in [-0.3, -0.25) is 0 Å². The number of hydrogen-bond donors (Lipinski definition) is 1. The van der Waals surface area contributed by atoms with E-state index in [-0.39, 0.29) is 0 Å². The average Bonchev–Trinajstić information content (AvgIpc) is 2.34. The number of para-hydroxylation sites is 1. The Bertz CT molecular complexity index is 334. The number of nitrogen functional groups attached to an aromatic ring is 1. The van der Waals surface area contributed by atoms with E-state index in [1.165, 1.54) is 0 Å². The summed E-state index contributed by atoms with van der Waals surface area (Å²) in [5, 5.41) is 0. The maximum absolute atomic E-state index is 6.10. The first-order valence-corrected chi connectivity index (χ1v) is 5.78. The van der Waals surface area contributed by atoms with Crippen LogP contribution in [0.15, 0.2) is 18.2 Å². The molecular weight excluding hydrogens is 216 g/mol. The standard InChI is InChI=1S/C13H22N2O2/c1-11-5-4-6-12(13(11)14)15(7-9-16-2)8-10-17-3/h4-6H,7-10,14H2,1-3H3. The van der Waals surface area contributed by atoms with Gasteiger partial charge in [0, 0.05) is 27.3 Å². The van der Waals surface area contributed by atoms with Crippen LogP contribution in [0.2, 0.25) is 0 Å². The van der Waals surface area contributed by atoms with Crippen LogP contribution in [-0.2, 0) is 9.47 Å². The highest BCUT2D eigenvalue weighted by atomic mass is 16.5. The van der Waals surface area contributed by atoms with Crippen LogP contribution >= 0.6 is 0 Å². The van der Waals surface area contributed by atoms with Crippen LogP contribution < -0.4 is 10.6 Å². The Balaban J connectivity index is 2.83. The monoisotopic (exact) mass is 238 g/mol. The van der Waals surface area contributed by atoms with Gasteiger partial charge in [0.2, 0.25) is 0 Å². The molecule has 1 aromatic rings. The molecule has 0 unspecified atom stereocenters. The highest BCUT2D eigenvalue weighted by Gasteiger charge is 2.10. The molecule has 0 aliphatic rings. The Morgan fingerprint density at radius 2 is 1.71 bits per heavy atom. The van der Waals surface area contributed by atoms with E-state index in [0.29, 0.717) is 13.2 Å². The van der Waals surface area contributed by atoms with Gasteiger partial charge in [0.15, 0.2) is 0 Å². The molecular formula is C13H22N2O2. The lowest BCUT2D eigenvalue weighted by Gasteiger charge is -2.26. The Morgan fingerprint density at radius 3 is 2.24 bits per heavy atom. The van der Waals surface area contributed by atoms with Crippen molar-refractivity contribution in [3.63, 3.8) is 0 Å². The van der Waals surface area contributed by atoms with Gasteiger partial charge in [-0.05, 0) is 18.6 Å². The third-order valence-corrected chi connectivity index (χ3v) is 2.77. The molecule has 4 nitrogen and oxygen atoms in total. The Morgan fingerprint density at radius 1 is 1.12 bits per heavy atom. The fraction of sp³-hybridized carbons (Fsp3) is 0.538. The van der Waals surface area contributed by atoms with Crippen LogP contribution in [0.25, 0.3) is 0 Å². The minimum absolute atomic E-state index is 0.678. The van der Waals surface area contributed by atoms with Gasteiger partial charge in [0.05, 0.1) is 24.6 Å². The minimum Gasteiger partial charge on any atom is -0.397 e. The zero-order valence-electron chi connectivity index (χ0n) is 10.9. The van der Waals surface area contributed by atoms with Gasteiger partial charge in [-0.1, -0.05) is 12.1 Å². The molecule has 0 spiro atoms. The van der Waals surface area contributed by atoms with Crippen molar-refractivity contribution in [3.05, 3.63) is 23.8 Å². The number of rotatable bonds is 7. The van der Waals surface area contributed by atoms with Gasteiger partial charge >= 0.3 is 0 Å². The van der Waals surface area contributed by atoms with Crippen molar-refractivity contribution in [2.24, 2.45) is 0 Å². The van der Waals surface area contributed by atoms with Crippen molar-refractivity contribution >= 4 is 11.4 Å². The fourth-order valence-electron chi connectivity index (χ4n) is 1.70.